The van der Waals surface area contributed by atoms with Gasteiger partial charge in [-0.2, -0.15) is 0 Å². The van der Waals surface area contributed by atoms with Gasteiger partial charge in [-0.25, -0.2) is 0 Å². The van der Waals surface area contributed by atoms with Crippen LogP contribution in [-0.2, 0) is 11.3 Å². The van der Waals surface area contributed by atoms with Gasteiger partial charge in [-0.1, -0.05) is 12.1 Å². The molecule has 0 radical (unpaired) electrons. The van der Waals surface area contributed by atoms with Crippen molar-refractivity contribution in [1.29, 1.82) is 0 Å². The van der Waals surface area contributed by atoms with Crippen LogP contribution in [0.2, 0.25) is 0 Å². The number of hydrogen-bond donors (Lipinski definition) is 1. The fourth-order valence-electron chi connectivity index (χ4n) is 2.47. The van der Waals surface area contributed by atoms with Crippen molar-refractivity contribution in [1.82, 2.24) is 10.2 Å². The summed E-state index contributed by atoms with van der Waals surface area (Å²) in [6.07, 6.45) is 2.61. The van der Waals surface area contributed by atoms with Crippen LogP contribution in [0.15, 0.2) is 29.3 Å². The molecule has 1 aliphatic heterocycles. The number of ether oxygens (including phenoxy) is 2. The van der Waals surface area contributed by atoms with Crippen LogP contribution < -0.4 is 10.1 Å². The minimum atomic E-state index is 0. The van der Waals surface area contributed by atoms with E-state index in [0.29, 0.717) is 6.10 Å². The number of rotatable bonds is 5. The summed E-state index contributed by atoms with van der Waals surface area (Å²) < 4.78 is 10.8. The summed E-state index contributed by atoms with van der Waals surface area (Å²) in [6.45, 7) is 2.50. The molecule has 1 aromatic rings. The average Bonchev–Trinajstić information content (AvgIpc) is 3.02. The lowest BCUT2D eigenvalue weighted by atomic mass is 10.2. The zero-order valence-corrected chi connectivity index (χ0v) is 15.9. The molecule has 0 aliphatic carbocycles. The fourth-order valence-corrected chi connectivity index (χ4v) is 2.47. The lowest BCUT2D eigenvalue weighted by Gasteiger charge is -2.23. The van der Waals surface area contributed by atoms with Crippen LogP contribution in [0, 0.1) is 0 Å². The van der Waals surface area contributed by atoms with Gasteiger partial charge in [0.25, 0.3) is 0 Å². The Morgan fingerprint density at radius 2 is 2.14 bits per heavy atom. The maximum Gasteiger partial charge on any atom is 0.193 e. The summed E-state index contributed by atoms with van der Waals surface area (Å²) >= 11 is 0. The van der Waals surface area contributed by atoms with E-state index in [4.69, 9.17) is 9.47 Å². The Morgan fingerprint density at radius 3 is 2.68 bits per heavy atom. The molecule has 1 N–H and O–H groups in total. The highest BCUT2D eigenvalue weighted by molar-refractivity contribution is 14.0. The molecule has 0 aromatic heterocycles. The van der Waals surface area contributed by atoms with Gasteiger partial charge >= 0.3 is 0 Å². The third kappa shape index (κ3) is 5.64. The first-order chi connectivity index (χ1) is 10.2. The lowest BCUT2D eigenvalue weighted by molar-refractivity contribution is 0.113. The standard InChI is InChI=1S/C16H25N3O2.HI/c1-17-16(18-11-15-5-4-10-21-15)19(2)12-13-6-8-14(20-3)9-7-13;/h6-9,15H,4-5,10-12H2,1-3H3,(H,17,18);1H. The lowest BCUT2D eigenvalue weighted by Crippen LogP contribution is -2.41. The molecule has 5 nitrogen and oxygen atoms in total. The quantitative estimate of drug-likeness (QED) is 0.453. The Hall–Kier alpha value is -1.02. The Morgan fingerprint density at radius 1 is 1.41 bits per heavy atom. The molecule has 1 heterocycles. The second kappa shape index (κ2) is 9.89. The smallest absolute Gasteiger partial charge is 0.193 e. The van der Waals surface area contributed by atoms with Crippen LogP contribution in [0.5, 0.6) is 5.75 Å². The van der Waals surface area contributed by atoms with E-state index in [9.17, 15) is 0 Å². The summed E-state index contributed by atoms with van der Waals surface area (Å²) in [4.78, 5) is 6.44. The van der Waals surface area contributed by atoms with Gasteiger partial charge < -0.3 is 19.7 Å². The van der Waals surface area contributed by atoms with Gasteiger partial charge in [0.2, 0.25) is 0 Å². The first kappa shape index (κ1) is 19.0. The highest BCUT2D eigenvalue weighted by Gasteiger charge is 2.16. The van der Waals surface area contributed by atoms with Gasteiger partial charge in [0.05, 0.1) is 13.2 Å². The van der Waals surface area contributed by atoms with Crippen molar-refractivity contribution >= 4 is 29.9 Å². The molecule has 0 amide bonds. The van der Waals surface area contributed by atoms with Crippen molar-refractivity contribution in [3.8, 4) is 5.75 Å². The third-order valence-corrected chi connectivity index (χ3v) is 3.66. The SMILES string of the molecule is CN=C(NCC1CCCO1)N(C)Cc1ccc(OC)cc1.I. The molecular weight excluding hydrogens is 393 g/mol. The van der Waals surface area contributed by atoms with Gasteiger partial charge in [0.1, 0.15) is 5.75 Å². The highest BCUT2D eigenvalue weighted by Crippen LogP contribution is 2.13. The minimum Gasteiger partial charge on any atom is -0.497 e. The zero-order valence-electron chi connectivity index (χ0n) is 13.5. The number of aliphatic imine (C=N–C) groups is 1. The predicted octanol–water partition coefficient (Wildman–Crippen LogP) is 2.50. The van der Waals surface area contributed by atoms with Crippen LogP contribution in [0.25, 0.3) is 0 Å². The Balaban J connectivity index is 0.00000242. The van der Waals surface area contributed by atoms with E-state index >= 15 is 0 Å². The molecule has 0 saturated carbocycles. The second-order valence-electron chi connectivity index (χ2n) is 5.27. The minimum absolute atomic E-state index is 0. The van der Waals surface area contributed by atoms with E-state index in [1.807, 2.05) is 26.2 Å². The van der Waals surface area contributed by atoms with E-state index in [2.05, 4.69) is 27.3 Å². The average molecular weight is 419 g/mol. The van der Waals surface area contributed by atoms with Crippen molar-refractivity contribution in [3.05, 3.63) is 29.8 Å². The van der Waals surface area contributed by atoms with Crippen LogP contribution in [0.3, 0.4) is 0 Å². The molecule has 1 aliphatic rings. The molecule has 0 spiro atoms. The molecule has 1 aromatic carbocycles. The number of halogens is 1. The van der Waals surface area contributed by atoms with Crippen LogP contribution in [0.1, 0.15) is 18.4 Å². The molecular formula is C16H26IN3O2. The van der Waals surface area contributed by atoms with Crippen LogP contribution in [-0.4, -0.2) is 51.3 Å². The first-order valence-electron chi connectivity index (χ1n) is 7.39. The Bertz CT molecular complexity index is 459. The maximum atomic E-state index is 5.62. The van der Waals surface area contributed by atoms with Crippen molar-refractivity contribution in [2.45, 2.75) is 25.5 Å². The third-order valence-electron chi connectivity index (χ3n) is 3.66. The normalized spacial score (nSPS) is 17.8. The van der Waals surface area contributed by atoms with E-state index < -0.39 is 0 Å². The van der Waals surface area contributed by atoms with Crippen molar-refractivity contribution in [2.24, 2.45) is 4.99 Å². The van der Waals surface area contributed by atoms with Gasteiger partial charge in [0.15, 0.2) is 5.96 Å². The van der Waals surface area contributed by atoms with E-state index in [0.717, 1.165) is 44.2 Å². The molecule has 1 atom stereocenters. The Labute approximate surface area is 150 Å². The molecule has 2 rings (SSSR count). The summed E-state index contributed by atoms with van der Waals surface area (Å²) in [5.41, 5.74) is 1.22. The zero-order chi connectivity index (χ0) is 15.1. The molecule has 0 bridgehead atoms. The summed E-state index contributed by atoms with van der Waals surface area (Å²) in [7, 11) is 5.52. The van der Waals surface area contributed by atoms with Crippen LogP contribution in [0.4, 0.5) is 0 Å². The monoisotopic (exact) mass is 419 g/mol. The van der Waals surface area contributed by atoms with Crippen molar-refractivity contribution in [3.63, 3.8) is 0 Å². The highest BCUT2D eigenvalue weighted by atomic mass is 127. The van der Waals surface area contributed by atoms with Crippen molar-refractivity contribution < 1.29 is 9.47 Å². The number of guanidine groups is 1. The number of methoxy groups -OCH3 is 1. The van der Waals surface area contributed by atoms with Gasteiger partial charge in [-0.3, -0.25) is 4.99 Å². The van der Waals surface area contributed by atoms with Gasteiger partial charge in [0, 0.05) is 33.8 Å². The number of nitrogens with zero attached hydrogens (tertiary/aromatic N) is 2. The second-order valence-corrected chi connectivity index (χ2v) is 5.27. The number of hydrogen-bond acceptors (Lipinski definition) is 3. The van der Waals surface area contributed by atoms with E-state index in [1.54, 1.807) is 7.11 Å². The summed E-state index contributed by atoms with van der Waals surface area (Å²) in [6, 6.07) is 8.10. The van der Waals surface area contributed by atoms with Crippen molar-refractivity contribution in [2.75, 3.05) is 34.4 Å². The molecule has 22 heavy (non-hydrogen) atoms. The van der Waals surface area contributed by atoms with Gasteiger partial charge in [-0.15, -0.1) is 24.0 Å². The summed E-state index contributed by atoms with van der Waals surface area (Å²) in [5.74, 6) is 1.77. The number of nitrogens with one attached hydrogen (secondary N) is 1. The molecule has 6 heteroatoms. The van der Waals surface area contributed by atoms with E-state index in [1.165, 1.54) is 5.56 Å². The molecule has 1 saturated heterocycles. The first-order valence-corrected chi connectivity index (χ1v) is 7.39. The fraction of sp³-hybridized carbons (Fsp3) is 0.562. The Kier molecular flexibility index (Phi) is 8.55. The molecule has 1 unspecified atom stereocenters. The summed E-state index contributed by atoms with van der Waals surface area (Å²) in [5, 5.41) is 3.38. The van der Waals surface area contributed by atoms with E-state index in [-0.39, 0.29) is 24.0 Å². The maximum absolute atomic E-state index is 5.62. The number of benzene rings is 1. The topological polar surface area (TPSA) is 46.1 Å². The van der Waals surface area contributed by atoms with Gasteiger partial charge in [-0.05, 0) is 30.5 Å². The predicted molar refractivity (Wildman–Crippen MR) is 100 cm³/mol. The van der Waals surface area contributed by atoms with Crippen LogP contribution >= 0.6 is 24.0 Å². The molecule has 124 valence electrons. The largest absolute Gasteiger partial charge is 0.497 e. The molecule has 1 fully saturated rings.